The topological polar surface area (TPSA) is 61.6 Å². The molecule has 5 nitrogen and oxygen atoms in total. The van der Waals surface area contributed by atoms with Gasteiger partial charge in [-0.25, -0.2) is 0 Å². The number of ether oxygens (including phenoxy) is 2. The van der Waals surface area contributed by atoms with Crippen molar-refractivity contribution in [3.63, 3.8) is 0 Å². The second-order valence-electron chi connectivity index (χ2n) is 4.08. The van der Waals surface area contributed by atoms with E-state index in [4.69, 9.17) is 9.47 Å². The van der Waals surface area contributed by atoms with Crippen LogP contribution in [0, 0.1) is 10.1 Å². The molecule has 0 bridgehead atoms. The highest BCUT2D eigenvalue weighted by molar-refractivity contribution is 9.10. The van der Waals surface area contributed by atoms with Crippen LogP contribution in [0.5, 0.6) is 17.2 Å². The molecule has 2 aromatic carbocycles. The number of halogens is 2. The van der Waals surface area contributed by atoms with Gasteiger partial charge >= 0.3 is 0 Å². The molecule has 110 valence electrons. The summed E-state index contributed by atoms with van der Waals surface area (Å²) in [6, 6.07) is 9.82. The Bertz CT molecular complexity index is 676. The third-order valence-corrected chi connectivity index (χ3v) is 3.98. The van der Waals surface area contributed by atoms with Crippen molar-refractivity contribution in [2.75, 3.05) is 7.11 Å². The average Bonchev–Trinajstić information content (AvgIpc) is 2.49. The van der Waals surface area contributed by atoms with Gasteiger partial charge < -0.3 is 9.47 Å². The molecular formula is C14H11Br2NO4. The second-order valence-corrected chi connectivity index (χ2v) is 5.50. The van der Waals surface area contributed by atoms with E-state index in [0.717, 1.165) is 4.47 Å². The van der Waals surface area contributed by atoms with Crippen LogP contribution in [0.2, 0.25) is 0 Å². The lowest BCUT2D eigenvalue weighted by molar-refractivity contribution is -0.384. The van der Waals surface area contributed by atoms with E-state index < -0.39 is 4.92 Å². The zero-order valence-electron chi connectivity index (χ0n) is 11.0. The molecular weight excluding hydrogens is 406 g/mol. The predicted molar refractivity (Wildman–Crippen MR) is 86.5 cm³/mol. The maximum absolute atomic E-state index is 10.8. The van der Waals surface area contributed by atoms with Crippen LogP contribution < -0.4 is 9.47 Å². The van der Waals surface area contributed by atoms with Crippen LogP contribution in [0.15, 0.2) is 40.9 Å². The molecule has 7 heteroatoms. The summed E-state index contributed by atoms with van der Waals surface area (Å²) in [5, 5.41) is 11.2. The molecule has 0 atom stereocenters. The Balaban J connectivity index is 2.33. The summed E-state index contributed by atoms with van der Waals surface area (Å²) in [6.07, 6.45) is 0. The Kier molecular flexibility index (Phi) is 5.19. The molecule has 0 saturated heterocycles. The van der Waals surface area contributed by atoms with Crippen LogP contribution in [0.25, 0.3) is 0 Å². The summed E-state index contributed by atoms with van der Waals surface area (Å²) in [5.74, 6) is 1.87. The first kappa shape index (κ1) is 15.8. The maximum atomic E-state index is 10.8. The number of nitro groups is 1. The zero-order valence-corrected chi connectivity index (χ0v) is 14.2. The van der Waals surface area contributed by atoms with Gasteiger partial charge in [0.2, 0.25) is 0 Å². The van der Waals surface area contributed by atoms with Crippen molar-refractivity contribution in [3.8, 4) is 17.2 Å². The van der Waals surface area contributed by atoms with Gasteiger partial charge in [-0.1, -0.05) is 15.9 Å². The van der Waals surface area contributed by atoms with E-state index in [1.807, 2.05) is 0 Å². The Morgan fingerprint density at radius 1 is 1.19 bits per heavy atom. The molecule has 0 aliphatic rings. The minimum atomic E-state index is -0.431. The molecule has 0 saturated carbocycles. The summed E-state index contributed by atoms with van der Waals surface area (Å²) in [4.78, 5) is 10.4. The Morgan fingerprint density at radius 3 is 2.48 bits per heavy atom. The van der Waals surface area contributed by atoms with Crippen molar-refractivity contribution in [3.05, 3.63) is 56.5 Å². The first-order valence-corrected chi connectivity index (χ1v) is 7.81. The largest absolute Gasteiger partial charge is 0.497 e. The summed E-state index contributed by atoms with van der Waals surface area (Å²) in [7, 11) is 1.58. The Labute approximate surface area is 138 Å². The molecule has 0 aromatic heterocycles. The fourth-order valence-corrected chi connectivity index (χ4v) is 2.57. The predicted octanol–water partition coefficient (Wildman–Crippen LogP) is 5.05. The lowest BCUT2D eigenvalue weighted by Gasteiger charge is -2.11. The van der Waals surface area contributed by atoms with Gasteiger partial charge in [0.15, 0.2) is 0 Å². The van der Waals surface area contributed by atoms with Gasteiger partial charge in [-0.3, -0.25) is 10.1 Å². The van der Waals surface area contributed by atoms with Crippen LogP contribution in [0.3, 0.4) is 0 Å². The van der Waals surface area contributed by atoms with Crippen molar-refractivity contribution in [1.82, 2.24) is 0 Å². The van der Waals surface area contributed by atoms with E-state index >= 15 is 0 Å². The normalized spacial score (nSPS) is 10.2. The van der Waals surface area contributed by atoms with Crippen molar-refractivity contribution >= 4 is 37.5 Å². The van der Waals surface area contributed by atoms with Crippen LogP contribution >= 0.6 is 31.9 Å². The molecule has 0 N–H and O–H groups in total. The van der Waals surface area contributed by atoms with Gasteiger partial charge in [-0.15, -0.1) is 0 Å². The highest BCUT2D eigenvalue weighted by Crippen LogP contribution is 2.35. The number of benzene rings is 2. The van der Waals surface area contributed by atoms with Gasteiger partial charge in [0, 0.05) is 23.0 Å². The van der Waals surface area contributed by atoms with E-state index in [-0.39, 0.29) is 5.69 Å². The molecule has 0 unspecified atom stereocenters. The van der Waals surface area contributed by atoms with Gasteiger partial charge in [-0.2, -0.15) is 0 Å². The standard InChI is InChI=1S/C14H11Br2NO4/c1-20-11-3-5-14(12(16)7-11)21-13-4-2-10(17(18)19)6-9(13)8-15/h2-7H,8H2,1H3. The number of methoxy groups -OCH3 is 1. The highest BCUT2D eigenvalue weighted by Gasteiger charge is 2.13. The molecule has 0 heterocycles. The zero-order chi connectivity index (χ0) is 15.4. The van der Waals surface area contributed by atoms with Gasteiger partial charge in [0.05, 0.1) is 16.5 Å². The van der Waals surface area contributed by atoms with Gasteiger partial charge in [0.1, 0.15) is 17.2 Å². The van der Waals surface area contributed by atoms with E-state index in [2.05, 4.69) is 31.9 Å². The van der Waals surface area contributed by atoms with Gasteiger partial charge in [-0.05, 0) is 40.2 Å². The van der Waals surface area contributed by atoms with E-state index in [1.54, 1.807) is 31.4 Å². The first-order valence-electron chi connectivity index (χ1n) is 5.90. The molecule has 2 aromatic rings. The number of alkyl halides is 1. The molecule has 0 amide bonds. The highest BCUT2D eigenvalue weighted by atomic mass is 79.9. The smallest absolute Gasteiger partial charge is 0.270 e. The fourth-order valence-electron chi connectivity index (χ4n) is 1.69. The van der Waals surface area contributed by atoms with Gasteiger partial charge in [0.25, 0.3) is 5.69 Å². The van der Waals surface area contributed by atoms with Crippen LogP contribution in [-0.4, -0.2) is 12.0 Å². The summed E-state index contributed by atoms with van der Waals surface area (Å²) < 4.78 is 11.7. The maximum Gasteiger partial charge on any atom is 0.270 e. The summed E-state index contributed by atoms with van der Waals surface area (Å²) >= 11 is 6.72. The SMILES string of the molecule is COc1ccc(Oc2ccc([N+](=O)[O-])cc2CBr)c(Br)c1. The van der Waals surface area contributed by atoms with E-state index in [1.165, 1.54) is 12.1 Å². The van der Waals surface area contributed by atoms with Crippen molar-refractivity contribution in [1.29, 1.82) is 0 Å². The molecule has 0 aliphatic carbocycles. The minimum Gasteiger partial charge on any atom is -0.497 e. The fraction of sp³-hybridized carbons (Fsp3) is 0.143. The Morgan fingerprint density at radius 2 is 1.90 bits per heavy atom. The molecule has 21 heavy (non-hydrogen) atoms. The minimum absolute atomic E-state index is 0.0330. The third kappa shape index (κ3) is 3.74. The van der Waals surface area contributed by atoms with E-state index in [0.29, 0.717) is 28.1 Å². The average molecular weight is 417 g/mol. The van der Waals surface area contributed by atoms with Crippen LogP contribution in [-0.2, 0) is 5.33 Å². The molecule has 0 radical (unpaired) electrons. The van der Waals surface area contributed by atoms with Crippen molar-refractivity contribution in [2.24, 2.45) is 0 Å². The van der Waals surface area contributed by atoms with Crippen molar-refractivity contribution in [2.45, 2.75) is 5.33 Å². The van der Waals surface area contributed by atoms with Crippen LogP contribution in [0.1, 0.15) is 5.56 Å². The monoisotopic (exact) mass is 415 g/mol. The first-order chi connectivity index (χ1) is 10.0. The second kappa shape index (κ2) is 6.91. The summed E-state index contributed by atoms with van der Waals surface area (Å²) in [6.45, 7) is 0. The number of non-ortho nitro benzene ring substituents is 1. The van der Waals surface area contributed by atoms with Crippen molar-refractivity contribution < 1.29 is 14.4 Å². The number of hydrogen-bond acceptors (Lipinski definition) is 4. The number of nitro benzene ring substituents is 1. The quantitative estimate of drug-likeness (QED) is 0.388. The number of rotatable bonds is 5. The summed E-state index contributed by atoms with van der Waals surface area (Å²) in [5.41, 5.74) is 0.734. The molecule has 2 rings (SSSR count). The van der Waals surface area contributed by atoms with E-state index in [9.17, 15) is 10.1 Å². The lowest BCUT2D eigenvalue weighted by atomic mass is 10.2. The molecule has 0 spiro atoms. The Hall–Kier alpha value is -1.60. The van der Waals surface area contributed by atoms with Crippen LogP contribution in [0.4, 0.5) is 5.69 Å². The molecule has 0 fully saturated rings. The lowest BCUT2D eigenvalue weighted by Crippen LogP contribution is -1.94. The number of nitrogens with zero attached hydrogens (tertiary/aromatic N) is 1. The molecule has 0 aliphatic heterocycles. The third-order valence-electron chi connectivity index (χ3n) is 2.76. The number of hydrogen-bond donors (Lipinski definition) is 0.